The van der Waals surface area contributed by atoms with Gasteiger partial charge in [0.2, 0.25) is 5.91 Å². The van der Waals surface area contributed by atoms with E-state index in [4.69, 9.17) is 5.11 Å². The summed E-state index contributed by atoms with van der Waals surface area (Å²) < 4.78 is 4.64. The monoisotopic (exact) mass is 424 g/mol. The molecule has 2 atom stereocenters. The van der Waals surface area contributed by atoms with Crippen molar-refractivity contribution in [2.45, 2.75) is 44.7 Å². The van der Waals surface area contributed by atoms with Gasteiger partial charge in [0.15, 0.2) is 0 Å². The molecule has 12 heteroatoms. The van der Waals surface area contributed by atoms with Gasteiger partial charge in [-0.05, 0) is 18.6 Å². The van der Waals surface area contributed by atoms with E-state index in [1.165, 1.54) is 24.3 Å². The molecule has 0 bridgehead atoms. The number of rotatable bonds is 11. The van der Waals surface area contributed by atoms with Crippen molar-refractivity contribution in [1.29, 1.82) is 0 Å². The molecule has 12 nitrogen and oxygen atoms in total. The van der Waals surface area contributed by atoms with Crippen LogP contribution in [0, 0.1) is 10.1 Å². The van der Waals surface area contributed by atoms with E-state index in [1.807, 2.05) is 6.92 Å². The molecule has 1 rings (SSSR count). The fourth-order valence-electron chi connectivity index (χ4n) is 2.45. The van der Waals surface area contributed by atoms with Gasteiger partial charge >= 0.3 is 18.0 Å². The summed E-state index contributed by atoms with van der Waals surface area (Å²) in [5, 5.41) is 26.7. The van der Waals surface area contributed by atoms with E-state index in [1.54, 1.807) is 0 Å². The van der Waals surface area contributed by atoms with Crippen LogP contribution in [0.1, 0.15) is 32.6 Å². The highest BCUT2D eigenvalue weighted by atomic mass is 16.6. The van der Waals surface area contributed by atoms with Crippen molar-refractivity contribution in [2.24, 2.45) is 0 Å². The second kappa shape index (κ2) is 12.0. The number of carboxylic acids is 1. The lowest BCUT2D eigenvalue weighted by Gasteiger charge is -2.21. The Bertz CT molecular complexity index is 781. The molecule has 1 aromatic rings. The normalized spacial score (nSPS) is 12.2. The molecule has 0 fully saturated rings. The number of nitrogens with zero attached hydrogens (tertiary/aromatic N) is 1. The van der Waals surface area contributed by atoms with E-state index < -0.39 is 47.3 Å². The minimum atomic E-state index is -1.46. The van der Waals surface area contributed by atoms with Crippen LogP contribution in [-0.4, -0.2) is 53.1 Å². The van der Waals surface area contributed by atoms with E-state index in [0.29, 0.717) is 12.8 Å². The Balaban J connectivity index is 2.82. The first-order chi connectivity index (χ1) is 14.2. The Hall–Kier alpha value is -3.70. The maximum atomic E-state index is 12.5. The first-order valence-electron chi connectivity index (χ1n) is 9.09. The van der Waals surface area contributed by atoms with Crippen LogP contribution in [-0.2, 0) is 19.1 Å². The predicted octanol–water partition coefficient (Wildman–Crippen LogP) is 1.41. The Morgan fingerprint density at radius 2 is 1.77 bits per heavy atom. The van der Waals surface area contributed by atoms with Gasteiger partial charge in [0, 0.05) is 17.8 Å². The minimum absolute atomic E-state index is 0.176. The molecule has 30 heavy (non-hydrogen) atoms. The summed E-state index contributed by atoms with van der Waals surface area (Å²) in [6.07, 6.45) is 0.959. The van der Waals surface area contributed by atoms with Crippen LogP contribution in [0.5, 0.6) is 0 Å². The number of hydrogen-bond donors (Lipinski definition) is 4. The average Bonchev–Trinajstić information content (AvgIpc) is 2.69. The molecular weight excluding hydrogens is 400 g/mol. The highest BCUT2D eigenvalue weighted by Crippen LogP contribution is 2.15. The van der Waals surface area contributed by atoms with Crippen LogP contribution >= 0.6 is 0 Å². The van der Waals surface area contributed by atoms with Gasteiger partial charge in [0.05, 0.1) is 18.5 Å². The number of non-ortho nitro benzene ring substituents is 1. The minimum Gasteiger partial charge on any atom is -0.481 e. The predicted molar refractivity (Wildman–Crippen MR) is 105 cm³/mol. The smallest absolute Gasteiger partial charge is 0.328 e. The molecule has 0 radical (unpaired) electrons. The second-order valence-electron chi connectivity index (χ2n) is 6.28. The first-order valence-corrected chi connectivity index (χ1v) is 9.09. The number of ether oxygens (including phenoxy) is 1. The topological polar surface area (TPSA) is 177 Å². The number of carbonyl (C=O) groups excluding carboxylic acids is 3. The third kappa shape index (κ3) is 8.12. The molecule has 164 valence electrons. The molecule has 4 N–H and O–H groups in total. The summed E-state index contributed by atoms with van der Waals surface area (Å²) in [4.78, 5) is 57.6. The Labute approximate surface area is 172 Å². The van der Waals surface area contributed by atoms with Gasteiger partial charge in [-0.25, -0.2) is 9.59 Å². The molecule has 0 spiro atoms. The summed E-state index contributed by atoms with van der Waals surface area (Å²) in [5.74, 6) is -2.88. The molecule has 1 aromatic carbocycles. The standard InChI is InChI=1S/C18H24N4O8/c1-3-4-5-13(17(26)30-2)20-16(25)14(10-15(23)24)21-18(27)19-11-6-8-12(9-7-11)22(28)29/h6-9,13-14H,3-5,10H2,1-2H3,(H,20,25)(H,23,24)(H2,19,21,27). The number of urea groups is 1. The lowest BCUT2D eigenvalue weighted by Crippen LogP contribution is -2.53. The van der Waals surface area contributed by atoms with Crippen molar-refractivity contribution in [2.75, 3.05) is 12.4 Å². The van der Waals surface area contributed by atoms with Crippen molar-refractivity contribution < 1.29 is 33.9 Å². The fraction of sp³-hybridized carbons (Fsp3) is 0.444. The van der Waals surface area contributed by atoms with Crippen molar-refractivity contribution in [1.82, 2.24) is 10.6 Å². The highest BCUT2D eigenvalue weighted by Gasteiger charge is 2.28. The third-order valence-corrected chi connectivity index (χ3v) is 3.99. The van der Waals surface area contributed by atoms with Crippen molar-refractivity contribution in [3.05, 3.63) is 34.4 Å². The molecule has 0 saturated carbocycles. The maximum Gasteiger partial charge on any atom is 0.328 e. The Kier molecular flexibility index (Phi) is 9.73. The number of benzene rings is 1. The zero-order chi connectivity index (χ0) is 22.7. The number of aliphatic carboxylic acids is 1. The van der Waals surface area contributed by atoms with E-state index in [9.17, 15) is 29.3 Å². The van der Waals surface area contributed by atoms with E-state index in [-0.39, 0.29) is 11.4 Å². The number of anilines is 1. The molecule has 2 unspecified atom stereocenters. The summed E-state index contributed by atoms with van der Waals surface area (Å²) in [6, 6.07) is 1.57. The molecular formula is C18H24N4O8. The summed E-state index contributed by atoms with van der Waals surface area (Å²) in [6.45, 7) is 1.90. The third-order valence-electron chi connectivity index (χ3n) is 3.99. The molecule has 0 heterocycles. The number of hydrogen-bond acceptors (Lipinski definition) is 7. The molecule has 0 saturated heterocycles. The molecule has 0 aliphatic heterocycles. The molecule has 3 amide bonds. The number of methoxy groups -OCH3 is 1. The maximum absolute atomic E-state index is 12.5. The molecule has 0 aromatic heterocycles. The van der Waals surface area contributed by atoms with Crippen molar-refractivity contribution in [3.63, 3.8) is 0 Å². The van der Waals surface area contributed by atoms with E-state index in [0.717, 1.165) is 13.5 Å². The van der Waals surface area contributed by atoms with Crippen LogP contribution in [0.4, 0.5) is 16.2 Å². The van der Waals surface area contributed by atoms with Gasteiger partial charge in [-0.2, -0.15) is 0 Å². The van der Waals surface area contributed by atoms with Crippen LogP contribution in [0.25, 0.3) is 0 Å². The van der Waals surface area contributed by atoms with Gasteiger partial charge in [0.25, 0.3) is 5.69 Å². The first kappa shape index (κ1) is 24.3. The van der Waals surface area contributed by atoms with Gasteiger partial charge in [-0.3, -0.25) is 19.7 Å². The molecule has 0 aliphatic rings. The Morgan fingerprint density at radius 3 is 2.27 bits per heavy atom. The number of carboxylic acid groups (broad SMARTS) is 1. The van der Waals surface area contributed by atoms with Gasteiger partial charge < -0.3 is 25.8 Å². The van der Waals surface area contributed by atoms with Crippen LogP contribution < -0.4 is 16.0 Å². The number of nitro benzene ring substituents is 1. The number of unbranched alkanes of at least 4 members (excludes halogenated alkanes) is 1. The van der Waals surface area contributed by atoms with Crippen LogP contribution in [0.15, 0.2) is 24.3 Å². The van der Waals surface area contributed by atoms with Gasteiger partial charge in [-0.15, -0.1) is 0 Å². The SMILES string of the molecule is CCCCC(NC(=O)C(CC(=O)O)NC(=O)Nc1ccc([N+](=O)[O-])cc1)C(=O)OC. The number of carbonyl (C=O) groups is 4. The van der Waals surface area contributed by atoms with Gasteiger partial charge in [-0.1, -0.05) is 19.8 Å². The zero-order valence-corrected chi connectivity index (χ0v) is 16.5. The fourth-order valence-corrected chi connectivity index (χ4v) is 2.45. The Morgan fingerprint density at radius 1 is 1.13 bits per heavy atom. The highest BCUT2D eigenvalue weighted by molar-refractivity contribution is 5.96. The number of nitrogens with one attached hydrogen (secondary N) is 3. The summed E-state index contributed by atoms with van der Waals surface area (Å²) in [7, 11) is 1.16. The van der Waals surface area contributed by atoms with Crippen molar-refractivity contribution in [3.8, 4) is 0 Å². The summed E-state index contributed by atoms with van der Waals surface area (Å²) >= 11 is 0. The molecule has 0 aliphatic carbocycles. The summed E-state index contributed by atoms with van der Waals surface area (Å²) in [5.41, 5.74) is 0.0213. The second-order valence-corrected chi connectivity index (χ2v) is 6.28. The quantitative estimate of drug-likeness (QED) is 0.234. The van der Waals surface area contributed by atoms with Crippen LogP contribution in [0.2, 0.25) is 0 Å². The van der Waals surface area contributed by atoms with E-state index >= 15 is 0 Å². The van der Waals surface area contributed by atoms with E-state index in [2.05, 4.69) is 20.7 Å². The average molecular weight is 424 g/mol. The largest absolute Gasteiger partial charge is 0.481 e. The number of esters is 1. The zero-order valence-electron chi connectivity index (χ0n) is 16.5. The van der Waals surface area contributed by atoms with Crippen molar-refractivity contribution >= 4 is 35.3 Å². The number of amides is 3. The lowest BCUT2D eigenvalue weighted by atomic mass is 10.1. The lowest BCUT2D eigenvalue weighted by molar-refractivity contribution is -0.384. The van der Waals surface area contributed by atoms with Gasteiger partial charge in [0.1, 0.15) is 12.1 Å². The number of nitro groups is 1. The van der Waals surface area contributed by atoms with Crippen LogP contribution in [0.3, 0.4) is 0 Å².